The molecular formula is C18H27ClN2O2. The van der Waals surface area contributed by atoms with Gasteiger partial charge >= 0.3 is 0 Å². The predicted molar refractivity (Wildman–Crippen MR) is 93.4 cm³/mol. The lowest BCUT2D eigenvalue weighted by Gasteiger charge is -2.45. The number of carbonyl (C=O) groups is 1. The largest absolute Gasteiger partial charge is 0.367 e. The summed E-state index contributed by atoms with van der Waals surface area (Å²) < 4.78 is 5.45. The number of hydrogen-bond acceptors (Lipinski definition) is 3. The Kier molecular flexibility index (Phi) is 6.45. The van der Waals surface area contributed by atoms with Crippen molar-refractivity contribution in [1.82, 2.24) is 5.32 Å². The zero-order valence-corrected chi connectivity index (χ0v) is 14.4. The number of fused-ring (bicyclic) bond motifs is 2. The van der Waals surface area contributed by atoms with Gasteiger partial charge in [-0.05, 0) is 43.1 Å². The Labute approximate surface area is 144 Å². The molecule has 0 spiro atoms. The first-order valence-electron chi connectivity index (χ1n) is 8.32. The van der Waals surface area contributed by atoms with Crippen LogP contribution < -0.4 is 11.1 Å². The fraction of sp³-hybridized carbons (Fsp3) is 0.611. The minimum atomic E-state index is -0.530. The number of methoxy groups -OCH3 is 1. The summed E-state index contributed by atoms with van der Waals surface area (Å²) in [5.41, 5.74) is 7.06. The van der Waals surface area contributed by atoms with Crippen molar-refractivity contribution in [3.8, 4) is 0 Å². The first kappa shape index (κ1) is 18.2. The molecular weight excluding hydrogens is 312 g/mol. The van der Waals surface area contributed by atoms with Gasteiger partial charge in [-0.1, -0.05) is 36.8 Å². The average Bonchev–Trinajstić information content (AvgIpc) is 2.50. The maximum atomic E-state index is 12.7. The van der Waals surface area contributed by atoms with E-state index in [0.29, 0.717) is 17.9 Å². The minimum Gasteiger partial charge on any atom is -0.367 e. The Bertz CT molecular complexity index is 497. The fourth-order valence-corrected chi connectivity index (χ4v) is 4.29. The molecule has 2 aliphatic rings. The van der Waals surface area contributed by atoms with Gasteiger partial charge in [0.25, 0.3) is 5.91 Å². The first-order valence-corrected chi connectivity index (χ1v) is 8.32. The van der Waals surface area contributed by atoms with Crippen LogP contribution in [0.15, 0.2) is 30.3 Å². The van der Waals surface area contributed by atoms with E-state index in [4.69, 9.17) is 10.5 Å². The minimum absolute atomic E-state index is 0. The summed E-state index contributed by atoms with van der Waals surface area (Å²) >= 11 is 0. The third kappa shape index (κ3) is 4.06. The van der Waals surface area contributed by atoms with Crippen molar-refractivity contribution in [1.29, 1.82) is 0 Å². The van der Waals surface area contributed by atoms with Crippen molar-refractivity contribution in [2.75, 3.05) is 7.11 Å². The second-order valence-corrected chi connectivity index (χ2v) is 6.74. The van der Waals surface area contributed by atoms with Crippen LogP contribution >= 0.6 is 12.4 Å². The number of hydrogen-bond donors (Lipinski definition) is 2. The standard InChI is InChI=1S/C18H26N2O2.ClH/c1-22-17(12-6-3-2-4-7-12)18(21)20-16-13-8-5-9-14(16)11-15(19)10-13;/h2-4,6-7,13-17H,5,8-11,19H2,1H3,(H,20,21);1H. The van der Waals surface area contributed by atoms with Gasteiger partial charge in [0.1, 0.15) is 0 Å². The number of rotatable bonds is 4. The molecule has 0 radical (unpaired) electrons. The zero-order valence-electron chi connectivity index (χ0n) is 13.6. The molecule has 2 aliphatic carbocycles. The molecule has 1 aromatic carbocycles. The Balaban J connectivity index is 0.00000192. The molecule has 2 fully saturated rings. The molecule has 5 heteroatoms. The van der Waals surface area contributed by atoms with Crippen molar-refractivity contribution in [3.05, 3.63) is 35.9 Å². The number of benzene rings is 1. The van der Waals surface area contributed by atoms with E-state index in [1.54, 1.807) is 7.11 Å². The molecule has 0 aromatic heterocycles. The van der Waals surface area contributed by atoms with Gasteiger partial charge in [-0.3, -0.25) is 4.79 Å². The SMILES string of the molecule is COC(C(=O)NC1C2CCCC1CC(N)C2)c1ccccc1.Cl. The van der Waals surface area contributed by atoms with E-state index in [1.165, 1.54) is 19.3 Å². The maximum Gasteiger partial charge on any atom is 0.253 e. The van der Waals surface area contributed by atoms with Crippen molar-refractivity contribution >= 4 is 18.3 Å². The lowest BCUT2D eigenvalue weighted by molar-refractivity contribution is -0.133. The molecule has 2 bridgehead atoms. The summed E-state index contributed by atoms with van der Waals surface area (Å²) in [5, 5.41) is 3.27. The quantitative estimate of drug-likeness (QED) is 0.887. The highest BCUT2D eigenvalue weighted by Gasteiger charge is 2.40. The van der Waals surface area contributed by atoms with Crippen LogP contribution in [0.25, 0.3) is 0 Å². The van der Waals surface area contributed by atoms with Crippen molar-refractivity contribution in [2.45, 2.75) is 50.3 Å². The van der Waals surface area contributed by atoms with Crippen molar-refractivity contribution in [2.24, 2.45) is 17.6 Å². The summed E-state index contributed by atoms with van der Waals surface area (Å²) in [5.74, 6) is 1.03. The molecule has 4 nitrogen and oxygen atoms in total. The van der Waals surface area contributed by atoms with Crippen LogP contribution in [0, 0.1) is 11.8 Å². The number of ether oxygens (including phenoxy) is 1. The second kappa shape index (κ2) is 8.13. The lowest BCUT2D eigenvalue weighted by atomic mass is 9.67. The van der Waals surface area contributed by atoms with E-state index in [2.05, 4.69) is 5.32 Å². The third-order valence-corrected chi connectivity index (χ3v) is 5.26. The molecule has 128 valence electrons. The van der Waals surface area contributed by atoms with Gasteiger partial charge in [-0.2, -0.15) is 0 Å². The lowest BCUT2D eigenvalue weighted by Crippen LogP contribution is -2.54. The second-order valence-electron chi connectivity index (χ2n) is 6.74. The number of nitrogens with one attached hydrogen (secondary N) is 1. The topological polar surface area (TPSA) is 64.3 Å². The van der Waals surface area contributed by atoms with E-state index >= 15 is 0 Å². The highest BCUT2D eigenvalue weighted by atomic mass is 35.5. The van der Waals surface area contributed by atoms with Gasteiger partial charge in [-0.15, -0.1) is 12.4 Å². The fourth-order valence-electron chi connectivity index (χ4n) is 4.29. The van der Waals surface area contributed by atoms with Gasteiger partial charge in [-0.25, -0.2) is 0 Å². The molecule has 1 amide bonds. The molecule has 3 rings (SSSR count). The molecule has 23 heavy (non-hydrogen) atoms. The van der Waals surface area contributed by atoms with Crippen LogP contribution in [-0.4, -0.2) is 25.1 Å². The van der Waals surface area contributed by atoms with Gasteiger partial charge in [0.05, 0.1) is 0 Å². The van der Waals surface area contributed by atoms with E-state index in [-0.39, 0.29) is 24.4 Å². The van der Waals surface area contributed by atoms with Crippen LogP contribution in [0.5, 0.6) is 0 Å². The monoisotopic (exact) mass is 338 g/mol. The van der Waals surface area contributed by atoms with E-state index in [1.807, 2.05) is 30.3 Å². The Hall–Kier alpha value is -1.10. The summed E-state index contributed by atoms with van der Waals surface area (Å²) in [7, 11) is 1.59. The summed E-state index contributed by atoms with van der Waals surface area (Å²) in [6.45, 7) is 0. The first-order chi connectivity index (χ1) is 10.7. The Morgan fingerprint density at radius 3 is 2.39 bits per heavy atom. The van der Waals surface area contributed by atoms with Gasteiger partial charge in [0.15, 0.2) is 6.10 Å². The summed E-state index contributed by atoms with van der Waals surface area (Å²) in [6, 6.07) is 10.3. The Morgan fingerprint density at radius 2 is 1.83 bits per heavy atom. The average molecular weight is 339 g/mol. The third-order valence-electron chi connectivity index (χ3n) is 5.26. The van der Waals surface area contributed by atoms with Crippen molar-refractivity contribution in [3.63, 3.8) is 0 Å². The zero-order chi connectivity index (χ0) is 15.5. The number of nitrogens with two attached hydrogens (primary N) is 1. The highest BCUT2D eigenvalue weighted by molar-refractivity contribution is 5.85. The summed E-state index contributed by atoms with van der Waals surface area (Å²) in [4.78, 5) is 12.7. The number of amides is 1. The molecule has 1 aromatic rings. The van der Waals surface area contributed by atoms with Crippen LogP contribution in [0.4, 0.5) is 0 Å². The van der Waals surface area contributed by atoms with E-state index < -0.39 is 6.10 Å². The maximum absolute atomic E-state index is 12.7. The Morgan fingerprint density at radius 1 is 1.22 bits per heavy atom. The number of halogens is 1. The van der Waals surface area contributed by atoms with Gasteiger partial charge in [0.2, 0.25) is 0 Å². The van der Waals surface area contributed by atoms with E-state index in [0.717, 1.165) is 18.4 Å². The van der Waals surface area contributed by atoms with Crippen LogP contribution in [0.1, 0.15) is 43.8 Å². The van der Waals surface area contributed by atoms with Crippen LogP contribution in [0.2, 0.25) is 0 Å². The van der Waals surface area contributed by atoms with Crippen LogP contribution in [-0.2, 0) is 9.53 Å². The van der Waals surface area contributed by atoms with Crippen molar-refractivity contribution < 1.29 is 9.53 Å². The van der Waals surface area contributed by atoms with Gasteiger partial charge < -0.3 is 15.8 Å². The molecule has 2 saturated carbocycles. The molecule has 0 aliphatic heterocycles. The van der Waals surface area contributed by atoms with Crippen LogP contribution in [0.3, 0.4) is 0 Å². The molecule has 3 N–H and O–H groups in total. The summed E-state index contributed by atoms with van der Waals surface area (Å²) in [6.07, 6.45) is 5.16. The molecule has 0 saturated heterocycles. The van der Waals surface area contributed by atoms with E-state index in [9.17, 15) is 4.79 Å². The number of carbonyl (C=O) groups excluding carboxylic acids is 1. The van der Waals surface area contributed by atoms with Gasteiger partial charge in [0, 0.05) is 19.2 Å². The molecule has 3 atom stereocenters. The smallest absolute Gasteiger partial charge is 0.253 e. The molecule has 3 unspecified atom stereocenters. The normalized spacial score (nSPS) is 30.9. The molecule has 0 heterocycles. The predicted octanol–water partition coefficient (Wildman–Crippen LogP) is 2.82. The highest BCUT2D eigenvalue weighted by Crippen LogP contribution is 2.40.